The molecule has 2 aliphatic heterocycles. The molecule has 0 saturated heterocycles. The van der Waals surface area contributed by atoms with Crippen LogP contribution in [-0.2, 0) is 0 Å². The molecular formula is C13H15N7. The van der Waals surface area contributed by atoms with E-state index in [1.807, 2.05) is 52.1 Å². The van der Waals surface area contributed by atoms with E-state index in [1.54, 1.807) is 12.7 Å². The molecule has 1 aromatic rings. The van der Waals surface area contributed by atoms with Crippen molar-refractivity contribution in [3.63, 3.8) is 0 Å². The van der Waals surface area contributed by atoms with Crippen molar-refractivity contribution in [1.29, 1.82) is 0 Å². The first-order valence-electron chi connectivity index (χ1n) is 6.22. The fourth-order valence-electron chi connectivity index (χ4n) is 2.16. The van der Waals surface area contributed by atoms with Crippen molar-refractivity contribution in [1.82, 2.24) is 10.0 Å². The number of anilines is 2. The highest BCUT2D eigenvalue weighted by atomic mass is 15.6. The maximum Gasteiger partial charge on any atom is 0.191 e. The summed E-state index contributed by atoms with van der Waals surface area (Å²) in [7, 11) is 3.83. The average Bonchev–Trinajstić information content (AvgIpc) is 3.07. The van der Waals surface area contributed by atoms with E-state index in [-0.39, 0.29) is 0 Å². The van der Waals surface area contributed by atoms with E-state index < -0.39 is 0 Å². The first-order valence-corrected chi connectivity index (χ1v) is 6.22. The van der Waals surface area contributed by atoms with Gasteiger partial charge in [-0.2, -0.15) is 10.2 Å². The van der Waals surface area contributed by atoms with Crippen molar-refractivity contribution in [3.8, 4) is 0 Å². The second-order valence-corrected chi connectivity index (χ2v) is 4.82. The summed E-state index contributed by atoms with van der Waals surface area (Å²) in [6.45, 7) is 8.64. The molecule has 0 aromatic heterocycles. The molecule has 2 aliphatic rings. The Morgan fingerprint density at radius 1 is 0.950 bits per heavy atom. The van der Waals surface area contributed by atoms with E-state index in [0.29, 0.717) is 19.0 Å². The Hall–Kier alpha value is -2.75. The van der Waals surface area contributed by atoms with Gasteiger partial charge in [-0.05, 0) is 18.2 Å². The van der Waals surface area contributed by atoms with Gasteiger partial charge >= 0.3 is 0 Å². The van der Waals surface area contributed by atoms with Crippen LogP contribution < -0.4 is 9.80 Å². The molecule has 7 heteroatoms. The first-order chi connectivity index (χ1) is 9.65. The molecular weight excluding hydrogens is 254 g/mol. The average molecular weight is 269 g/mol. The number of rotatable bonds is 2. The van der Waals surface area contributed by atoms with Crippen molar-refractivity contribution in [2.75, 3.05) is 37.2 Å². The molecule has 0 fully saturated rings. The number of hydrogen-bond donors (Lipinski definition) is 0. The van der Waals surface area contributed by atoms with Gasteiger partial charge in [-0.15, -0.1) is 0 Å². The van der Waals surface area contributed by atoms with Gasteiger partial charge in [-0.25, -0.2) is 4.85 Å². The first kappa shape index (κ1) is 12.3. The lowest BCUT2D eigenvalue weighted by Crippen LogP contribution is -2.26. The third-order valence-corrected chi connectivity index (χ3v) is 3.17. The fourth-order valence-corrected chi connectivity index (χ4v) is 2.16. The van der Waals surface area contributed by atoms with Crippen LogP contribution in [0.25, 0.3) is 4.85 Å². The molecule has 0 N–H and O–H groups in total. The fraction of sp³-hybridized carbons (Fsp3) is 0.308. The summed E-state index contributed by atoms with van der Waals surface area (Å²) in [6, 6.07) is 5.79. The van der Waals surface area contributed by atoms with E-state index >= 15 is 0 Å². The topological polar surface area (TPSA) is 42.0 Å². The van der Waals surface area contributed by atoms with Gasteiger partial charge < -0.3 is 9.80 Å². The maximum atomic E-state index is 7.26. The lowest BCUT2D eigenvalue weighted by atomic mass is 10.2. The smallest absolute Gasteiger partial charge is 0.191 e. The normalized spacial score (nSPS) is 17.2. The van der Waals surface area contributed by atoms with Crippen molar-refractivity contribution >= 4 is 29.7 Å². The van der Waals surface area contributed by atoms with Gasteiger partial charge in [-0.3, -0.25) is 10.0 Å². The zero-order valence-electron chi connectivity index (χ0n) is 11.4. The minimum absolute atomic E-state index is 0.614. The molecule has 3 rings (SSSR count). The molecule has 0 bridgehead atoms. The minimum atomic E-state index is 0.614. The summed E-state index contributed by atoms with van der Waals surface area (Å²) in [5.41, 5.74) is 2.54. The molecule has 102 valence electrons. The van der Waals surface area contributed by atoms with Crippen LogP contribution in [0.1, 0.15) is 0 Å². The molecule has 2 heterocycles. The number of hydrazone groups is 2. The summed E-state index contributed by atoms with van der Waals surface area (Å²) in [5.74, 6) is 0. The van der Waals surface area contributed by atoms with E-state index in [0.717, 1.165) is 11.4 Å². The number of nitrogens with zero attached hydrogens (tertiary/aromatic N) is 7. The van der Waals surface area contributed by atoms with Crippen LogP contribution in [0.3, 0.4) is 0 Å². The number of hydrogen-bond acceptors (Lipinski definition) is 6. The molecule has 7 nitrogen and oxygen atoms in total. The lowest BCUT2D eigenvalue weighted by molar-refractivity contribution is 0.392. The van der Waals surface area contributed by atoms with Crippen molar-refractivity contribution < 1.29 is 0 Å². The van der Waals surface area contributed by atoms with E-state index in [4.69, 9.17) is 6.57 Å². The van der Waals surface area contributed by atoms with Gasteiger partial charge in [0.05, 0.1) is 6.57 Å². The Morgan fingerprint density at radius 3 is 1.80 bits per heavy atom. The molecule has 0 amide bonds. The lowest BCUT2D eigenvalue weighted by Gasteiger charge is -2.21. The maximum absolute atomic E-state index is 7.26. The molecule has 0 unspecified atom stereocenters. The highest BCUT2D eigenvalue weighted by molar-refractivity contribution is 5.87. The van der Waals surface area contributed by atoms with Crippen LogP contribution in [0.5, 0.6) is 0 Å². The third-order valence-electron chi connectivity index (χ3n) is 3.17. The quantitative estimate of drug-likeness (QED) is 0.764. The van der Waals surface area contributed by atoms with Gasteiger partial charge in [0.15, 0.2) is 5.69 Å². The number of benzene rings is 1. The molecule has 0 spiro atoms. The van der Waals surface area contributed by atoms with Crippen LogP contribution in [0.15, 0.2) is 28.4 Å². The largest absolute Gasteiger partial charge is 0.312 e. The summed E-state index contributed by atoms with van der Waals surface area (Å²) in [4.78, 5) is 7.57. The van der Waals surface area contributed by atoms with E-state index in [2.05, 4.69) is 15.0 Å². The molecule has 0 saturated carbocycles. The van der Waals surface area contributed by atoms with Gasteiger partial charge in [-0.1, -0.05) is 0 Å². The van der Waals surface area contributed by atoms with Crippen LogP contribution in [0.2, 0.25) is 0 Å². The van der Waals surface area contributed by atoms with E-state index in [1.165, 1.54) is 0 Å². The molecule has 0 radical (unpaired) electrons. The highest BCUT2D eigenvalue weighted by Gasteiger charge is 2.17. The molecule has 0 aliphatic carbocycles. The monoisotopic (exact) mass is 269 g/mol. The van der Waals surface area contributed by atoms with Crippen LogP contribution in [0, 0.1) is 6.57 Å². The summed E-state index contributed by atoms with van der Waals surface area (Å²) in [6.07, 6.45) is 3.55. The molecule has 20 heavy (non-hydrogen) atoms. The second-order valence-electron chi connectivity index (χ2n) is 4.82. The molecule has 0 atom stereocenters. The zero-order chi connectivity index (χ0) is 14.1. The summed E-state index contributed by atoms with van der Waals surface area (Å²) in [5, 5.41) is 12.1. The minimum Gasteiger partial charge on any atom is -0.312 e. The Balaban J connectivity index is 1.94. The van der Waals surface area contributed by atoms with Crippen molar-refractivity contribution in [2.24, 2.45) is 10.2 Å². The van der Waals surface area contributed by atoms with Crippen LogP contribution in [0.4, 0.5) is 17.1 Å². The summed E-state index contributed by atoms with van der Waals surface area (Å²) >= 11 is 0. The van der Waals surface area contributed by atoms with Gasteiger partial charge in [0.2, 0.25) is 0 Å². The molecule has 1 aromatic carbocycles. The van der Waals surface area contributed by atoms with Crippen molar-refractivity contribution in [3.05, 3.63) is 29.6 Å². The Kier molecular flexibility index (Phi) is 2.91. The Bertz CT molecular complexity index is 571. The Labute approximate surface area is 117 Å². The van der Waals surface area contributed by atoms with Crippen LogP contribution >= 0.6 is 0 Å². The van der Waals surface area contributed by atoms with Crippen LogP contribution in [-0.4, -0.2) is 50.1 Å². The van der Waals surface area contributed by atoms with Crippen molar-refractivity contribution in [2.45, 2.75) is 0 Å². The second kappa shape index (κ2) is 4.74. The SMILES string of the molecule is [C-]#[N+]c1cc(N2C=NN(C)C2)cc(N2C=NN(C)C2)c1. The zero-order valence-corrected chi connectivity index (χ0v) is 11.4. The third kappa shape index (κ3) is 2.23. The predicted octanol–water partition coefficient (Wildman–Crippen LogP) is 1.54. The van der Waals surface area contributed by atoms with Gasteiger partial charge in [0.1, 0.15) is 26.0 Å². The van der Waals surface area contributed by atoms with Gasteiger partial charge in [0, 0.05) is 25.5 Å². The summed E-state index contributed by atoms with van der Waals surface area (Å²) < 4.78 is 0. The van der Waals surface area contributed by atoms with E-state index in [9.17, 15) is 0 Å². The highest BCUT2D eigenvalue weighted by Crippen LogP contribution is 2.30. The van der Waals surface area contributed by atoms with Gasteiger partial charge in [0.25, 0.3) is 0 Å². The Morgan fingerprint density at radius 2 is 1.45 bits per heavy atom. The predicted molar refractivity (Wildman–Crippen MR) is 79.9 cm³/mol. The standard InChI is InChI=1S/C13H15N7/c1-14-11-4-12(19-7-15-17(2)9-19)6-13(5-11)20-8-16-18(3)10-20/h4-8H,9-10H2,2-3H3.